The van der Waals surface area contributed by atoms with E-state index in [-0.39, 0.29) is 17.3 Å². The zero-order chi connectivity index (χ0) is 13.0. The maximum absolute atomic E-state index is 12.9. The van der Waals surface area contributed by atoms with Gasteiger partial charge in [-0.25, -0.2) is 9.18 Å². The van der Waals surface area contributed by atoms with Crippen LogP contribution in [-0.4, -0.2) is 19.1 Å². The maximum atomic E-state index is 12.9. The van der Waals surface area contributed by atoms with Crippen molar-refractivity contribution in [3.05, 3.63) is 30.1 Å². The number of hydrogen-bond donors (Lipinski definition) is 3. The summed E-state index contributed by atoms with van der Waals surface area (Å²) in [5.74, 6) is -0.366. The fourth-order valence-electron chi connectivity index (χ4n) is 2.01. The van der Waals surface area contributed by atoms with Gasteiger partial charge in [-0.15, -0.1) is 0 Å². The van der Waals surface area contributed by atoms with Crippen LogP contribution < -0.4 is 16.4 Å². The third-order valence-electron chi connectivity index (χ3n) is 3.34. The van der Waals surface area contributed by atoms with E-state index in [1.165, 1.54) is 12.1 Å². The number of halogens is 1. The van der Waals surface area contributed by atoms with Crippen LogP contribution >= 0.6 is 0 Å². The second kappa shape index (κ2) is 5.35. The molecule has 1 fully saturated rings. The zero-order valence-electron chi connectivity index (χ0n) is 10.2. The number of hydrogen-bond acceptors (Lipinski definition) is 2. The van der Waals surface area contributed by atoms with Crippen LogP contribution in [-0.2, 0) is 0 Å². The van der Waals surface area contributed by atoms with Gasteiger partial charge < -0.3 is 16.4 Å². The topological polar surface area (TPSA) is 67.1 Å². The average Bonchev–Trinajstić information content (AvgIpc) is 3.08. The lowest BCUT2D eigenvalue weighted by Gasteiger charge is -2.15. The van der Waals surface area contributed by atoms with Crippen molar-refractivity contribution in [1.29, 1.82) is 0 Å². The van der Waals surface area contributed by atoms with Crippen LogP contribution in [0.25, 0.3) is 0 Å². The number of anilines is 1. The van der Waals surface area contributed by atoms with Crippen molar-refractivity contribution in [2.75, 3.05) is 18.4 Å². The van der Waals surface area contributed by atoms with Crippen molar-refractivity contribution in [1.82, 2.24) is 5.32 Å². The van der Waals surface area contributed by atoms with Gasteiger partial charge in [0.15, 0.2) is 0 Å². The normalized spacial score (nSPS) is 16.1. The summed E-state index contributed by atoms with van der Waals surface area (Å²) in [5, 5.41) is 5.41. The van der Waals surface area contributed by atoms with Crippen LogP contribution in [0, 0.1) is 11.2 Å². The number of nitrogens with two attached hydrogens (primary N) is 1. The Morgan fingerprint density at radius 2 is 2.22 bits per heavy atom. The predicted octanol–water partition coefficient (Wildman–Crippen LogP) is 2.08. The molecule has 4 N–H and O–H groups in total. The van der Waals surface area contributed by atoms with Crippen molar-refractivity contribution in [2.45, 2.75) is 19.3 Å². The Kier molecular flexibility index (Phi) is 3.81. The Balaban J connectivity index is 1.79. The lowest BCUT2D eigenvalue weighted by Crippen LogP contribution is -2.34. The van der Waals surface area contributed by atoms with E-state index in [0.717, 1.165) is 19.3 Å². The van der Waals surface area contributed by atoms with Gasteiger partial charge in [0.25, 0.3) is 0 Å². The van der Waals surface area contributed by atoms with Gasteiger partial charge in [0, 0.05) is 12.2 Å². The number of rotatable bonds is 5. The molecule has 0 unspecified atom stereocenters. The molecule has 0 atom stereocenters. The molecule has 2 rings (SSSR count). The van der Waals surface area contributed by atoms with Crippen LogP contribution in [0.4, 0.5) is 14.9 Å². The van der Waals surface area contributed by atoms with E-state index in [0.29, 0.717) is 18.8 Å². The third-order valence-corrected chi connectivity index (χ3v) is 3.34. The average molecular weight is 251 g/mol. The van der Waals surface area contributed by atoms with E-state index in [9.17, 15) is 9.18 Å². The molecule has 1 aliphatic rings. The fraction of sp³-hybridized carbons (Fsp3) is 0.462. The molecule has 5 heteroatoms. The summed E-state index contributed by atoms with van der Waals surface area (Å²) in [5.41, 5.74) is 6.19. The Labute approximate surface area is 106 Å². The van der Waals surface area contributed by atoms with E-state index in [4.69, 9.17) is 5.73 Å². The molecular formula is C13H18FN3O. The highest BCUT2D eigenvalue weighted by atomic mass is 19.1. The molecule has 2 amide bonds. The largest absolute Gasteiger partial charge is 0.337 e. The minimum absolute atomic E-state index is 0.202. The van der Waals surface area contributed by atoms with Crippen molar-refractivity contribution in [3.63, 3.8) is 0 Å². The molecule has 98 valence electrons. The van der Waals surface area contributed by atoms with Gasteiger partial charge in [0.1, 0.15) is 5.82 Å². The van der Waals surface area contributed by atoms with Crippen LogP contribution in [0.3, 0.4) is 0 Å². The summed E-state index contributed by atoms with van der Waals surface area (Å²) in [4.78, 5) is 11.6. The first-order valence-corrected chi connectivity index (χ1v) is 6.14. The molecule has 0 saturated heterocycles. The van der Waals surface area contributed by atoms with Crippen molar-refractivity contribution >= 4 is 11.7 Å². The summed E-state index contributed by atoms with van der Waals surface area (Å²) in [6, 6.07) is 5.52. The van der Waals surface area contributed by atoms with E-state index in [1.807, 2.05) is 0 Å². The molecule has 1 aliphatic carbocycles. The van der Waals surface area contributed by atoms with Gasteiger partial charge in [0.05, 0.1) is 0 Å². The van der Waals surface area contributed by atoms with E-state index >= 15 is 0 Å². The first kappa shape index (κ1) is 12.8. The molecule has 1 aromatic rings. The number of carbonyl (C=O) groups is 1. The molecule has 1 saturated carbocycles. The van der Waals surface area contributed by atoms with Crippen LogP contribution in [0.15, 0.2) is 24.3 Å². The molecule has 0 aliphatic heterocycles. The Bertz CT molecular complexity index is 432. The standard InChI is InChI=1S/C13H18FN3O/c14-10-2-1-3-11(8-10)17-12(18)16-9-13(4-5-13)6-7-15/h1-3,8H,4-7,9,15H2,(H2,16,17,18). The van der Waals surface area contributed by atoms with Gasteiger partial charge >= 0.3 is 6.03 Å². The van der Waals surface area contributed by atoms with Gasteiger partial charge in [-0.3, -0.25) is 0 Å². The van der Waals surface area contributed by atoms with Crippen molar-refractivity contribution < 1.29 is 9.18 Å². The van der Waals surface area contributed by atoms with Gasteiger partial charge in [-0.2, -0.15) is 0 Å². The zero-order valence-corrected chi connectivity index (χ0v) is 10.2. The summed E-state index contributed by atoms with van der Waals surface area (Å²) in [6.07, 6.45) is 3.17. The first-order chi connectivity index (χ1) is 8.63. The number of carbonyl (C=O) groups excluding carboxylic acids is 1. The lowest BCUT2D eigenvalue weighted by atomic mass is 10.0. The third kappa shape index (κ3) is 3.43. The highest BCUT2D eigenvalue weighted by Gasteiger charge is 2.41. The molecule has 0 spiro atoms. The Hall–Kier alpha value is -1.62. The fourth-order valence-corrected chi connectivity index (χ4v) is 2.01. The molecule has 0 radical (unpaired) electrons. The number of amides is 2. The van der Waals surface area contributed by atoms with Gasteiger partial charge in [0.2, 0.25) is 0 Å². The molecule has 18 heavy (non-hydrogen) atoms. The lowest BCUT2D eigenvalue weighted by molar-refractivity contribution is 0.249. The Morgan fingerprint density at radius 3 is 2.83 bits per heavy atom. The summed E-state index contributed by atoms with van der Waals surface area (Å²) in [7, 11) is 0. The minimum atomic E-state index is -0.366. The summed E-state index contributed by atoms with van der Waals surface area (Å²) < 4.78 is 12.9. The van der Waals surface area contributed by atoms with Gasteiger partial charge in [-0.05, 0) is 49.4 Å². The monoisotopic (exact) mass is 251 g/mol. The van der Waals surface area contributed by atoms with Crippen molar-refractivity contribution in [3.8, 4) is 0 Å². The Morgan fingerprint density at radius 1 is 1.44 bits per heavy atom. The SMILES string of the molecule is NCCC1(CNC(=O)Nc2cccc(F)c2)CC1. The molecule has 1 aromatic carbocycles. The predicted molar refractivity (Wildman–Crippen MR) is 68.8 cm³/mol. The summed E-state index contributed by atoms with van der Waals surface area (Å²) in [6.45, 7) is 1.28. The second-order valence-corrected chi connectivity index (χ2v) is 4.86. The van der Waals surface area contributed by atoms with E-state index < -0.39 is 0 Å². The van der Waals surface area contributed by atoms with E-state index in [1.54, 1.807) is 12.1 Å². The highest BCUT2D eigenvalue weighted by molar-refractivity contribution is 5.89. The number of nitrogens with one attached hydrogen (secondary N) is 2. The highest BCUT2D eigenvalue weighted by Crippen LogP contribution is 2.47. The van der Waals surface area contributed by atoms with Crippen LogP contribution in [0.2, 0.25) is 0 Å². The quantitative estimate of drug-likeness (QED) is 0.750. The van der Waals surface area contributed by atoms with E-state index in [2.05, 4.69) is 10.6 Å². The number of benzene rings is 1. The second-order valence-electron chi connectivity index (χ2n) is 4.86. The molecule has 0 heterocycles. The first-order valence-electron chi connectivity index (χ1n) is 6.14. The smallest absolute Gasteiger partial charge is 0.319 e. The van der Waals surface area contributed by atoms with Crippen molar-refractivity contribution in [2.24, 2.45) is 11.1 Å². The molecular weight excluding hydrogens is 233 g/mol. The van der Waals surface area contributed by atoms with Crippen LogP contribution in [0.5, 0.6) is 0 Å². The summed E-state index contributed by atoms with van der Waals surface area (Å²) >= 11 is 0. The minimum Gasteiger partial charge on any atom is -0.337 e. The molecule has 0 aromatic heterocycles. The molecule has 0 bridgehead atoms. The van der Waals surface area contributed by atoms with Gasteiger partial charge in [-0.1, -0.05) is 6.07 Å². The number of urea groups is 1. The maximum Gasteiger partial charge on any atom is 0.319 e. The molecule has 4 nitrogen and oxygen atoms in total. The van der Waals surface area contributed by atoms with Crippen LogP contribution in [0.1, 0.15) is 19.3 Å².